The maximum absolute atomic E-state index is 9.13. The van der Waals surface area contributed by atoms with E-state index in [1.165, 1.54) is 0 Å². The number of aliphatic hydroxyl groups excluding tert-OH is 1. The van der Waals surface area contributed by atoms with Crippen LogP contribution in [0.2, 0.25) is 0 Å². The molecule has 13 heavy (non-hydrogen) atoms. The number of nitrogen functional groups attached to an aromatic ring is 1. The second kappa shape index (κ2) is 4.52. The molecule has 0 bridgehead atoms. The van der Waals surface area contributed by atoms with Crippen LogP contribution in [0.15, 0.2) is 24.3 Å². The summed E-state index contributed by atoms with van der Waals surface area (Å²) in [6, 6.07) is 5.00. The number of phenolic OH excluding ortho intramolecular Hbond substituents is 1. The van der Waals surface area contributed by atoms with Crippen molar-refractivity contribution >= 4 is 11.8 Å². The highest BCUT2D eigenvalue weighted by Gasteiger charge is 1.94. The average molecular weight is 179 g/mol. The van der Waals surface area contributed by atoms with E-state index in [9.17, 15) is 0 Å². The zero-order valence-corrected chi connectivity index (χ0v) is 7.27. The number of nitrogens with two attached hydrogens (primary N) is 1. The zero-order valence-electron chi connectivity index (χ0n) is 7.27. The summed E-state index contributed by atoms with van der Waals surface area (Å²) < 4.78 is 0. The predicted octanol–water partition coefficient (Wildman–Crippen LogP) is 1.37. The van der Waals surface area contributed by atoms with Gasteiger partial charge in [0.05, 0.1) is 5.69 Å². The molecular weight excluding hydrogens is 166 g/mol. The van der Waals surface area contributed by atoms with E-state index >= 15 is 0 Å². The summed E-state index contributed by atoms with van der Waals surface area (Å²) in [6.45, 7) is 0.143. The van der Waals surface area contributed by atoms with Crippen molar-refractivity contribution in [2.24, 2.45) is 0 Å². The lowest BCUT2D eigenvalue weighted by molar-refractivity contribution is 0.303. The Morgan fingerprint density at radius 3 is 2.77 bits per heavy atom. The summed E-state index contributed by atoms with van der Waals surface area (Å²) in [5.74, 6) is 0.0966. The Labute approximate surface area is 77.1 Å². The first-order chi connectivity index (χ1) is 6.24. The SMILES string of the molecule is Nc1cc(C=CCCO)ccc1O. The van der Waals surface area contributed by atoms with E-state index in [-0.39, 0.29) is 12.4 Å². The fourth-order valence-corrected chi connectivity index (χ4v) is 0.971. The molecule has 3 nitrogen and oxygen atoms in total. The second-order valence-corrected chi connectivity index (χ2v) is 2.73. The zero-order chi connectivity index (χ0) is 9.68. The van der Waals surface area contributed by atoms with Gasteiger partial charge in [-0.3, -0.25) is 0 Å². The molecule has 0 aromatic heterocycles. The van der Waals surface area contributed by atoms with Crippen molar-refractivity contribution < 1.29 is 10.2 Å². The van der Waals surface area contributed by atoms with Gasteiger partial charge in [0.2, 0.25) is 0 Å². The molecular formula is C10H13NO2. The second-order valence-electron chi connectivity index (χ2n) is 2.73. The molecule has 0 aliphatic heterocycles. The Balaban J connectivity index is 2.73. The fourth-order valence-electron chi connectivity index (χ4n) is 0.971. The first-order valence-corrected chi connectivity index (χ1v) is 4.10. The number of hydrogen-bond acceptors (Lipinski definition) is 3. The monoisotopic (exact) mass is 179 g/mol. The number of rotatable bonds is 3. The molecule has 0 saturated heterocycles. The van der Waals surface area contributed by atoms with Gasteiger partial charge < -0.3 is 15.9 Å². The third-order valence-electron chi connectivity index (χ3n) is 1.66. The molecule has 0 aliphatic carbocycles. The smallest absolute Gasteiger partial charge is 0.138 e. The molecule has 70 valence electrons. The summed E-state index contributed by atoms with van der Waals surface area (Å²) in [6.07, 6.45) is 4.33. The predicted molar refractivity (Wildman–Crippen MR) is 53.3 cm³/mol. The van der Waals surface area contributed by atoms with Crippen molar-refractivity contribution in [1.82, 2.24) is 0 Å². The molecule has 0 atom stereocenters. The minimum atomic E-state index is 0.0966. The maximum atomic E-state index is 9.13. The van der Waals surface area contributed by atoms with Gasteiger partial charge in [0.15, 0.2) is 0 Å². The summed E-state index contributed by atoms with van der Waals surface area (Å²) in [4.78, 5) is 0. The van der Waals surface area contributed by atoms with Crippen LogP contribution in [0.25, 0.3) is 6.08 Å². The Kier molecular flexibility index (Phi) is 3.34. The van der Waals surface area contributed by atoms with Crippen molar-refractivity contribution in [1.29, 1.82) is 0 Å². The Morgan fingerprint density at radius 1 is 1.38 bits per heavy atom. The molecule has 0 aliphatic rings. The maximum Gasteiger partial charge on any atom is 0.138 e. The highest BCUT2D eigenvalue weighted by atomic mass is 16.3. The summed E-state index contributed by atoms with van der Waals surface area (Å²) >= 11 is 0. The molecule has 0 heterocycles. The van der Waals surface area contributed by atoms with Crippen molar-refractivity contribution in [2.45, 2.75) is 6.42 Å². The first-order valence-electron chi connectivity index (χ1n) is 4.10. The van der Waals surface area contributed by atoms with E-state index in [2.05, 4.69) is 0 Å². The van der Waals surface area contributed by atoms with Gasteiger partial charge in [-0.25, -0.2) is 0 Å². The lowest BCUT2D eigenvalue weighted by Gasteiger charge is -1.99. The minimum absolute atomic E-state index is 0.0966. The van der Waals surface area contributed by atoms with Gasteiger partial charge in [-0.05, 0) is 24.1 Å². The topological polar surface area (TPSA) is 66.5 Å². The van der Waals surface area contributed by atoms with Crippen molar-refractivity contribution in [3.8, 4) is 5.75 Å². The molecule has 1 rings (SSSR count). The van der Waals surface area contributed by atoms with Crippen LogP contribution in [0, 0.1) is 0 Å². The number of phenols is 1. The quantitative estimate of drug-likeness (QED) is 0.485. The number of aromatic hydroxyl groups is 1. The Hall–Kier alpha value is -1.48. The molecule has 0 radical (unpaired) electrons. The van der Waals surface area contributed by atoms with E-state index in [0.29, 0.717) is 12.1 Å². The Bertz CT molecular complexity index is 308. The molecule has 0 spiro atoms. The minimum Gasteiger partial charge on any atom is -0.506 e. The fraction of sp³-hybridized carbons (Fsp3) is 0.200. The summed E-state index contributed by atoms with van der Waals surface area (Å²) in [7, 11) is 0. The normalized spacial score (nSPS) is 10.8. The largest absolute Gasteiger partial charge is 0.506 e. The number of anilines is 1. The van der Waals surface area contributed by atoms with Crippen LogP contribution in [0.1, 0.15) is 12.0 Å². The molecule has 0 fully saturated rings. The van der Waals surface area contributed by atoms with Gasteiger partial charge in [0.1, 0.15) is 5.75 Å². The van der Waals surface area contributed by atoms with E-state index in [1.54, 1.807) is 18.2 Å². The van der Waals surface area contributed by atoms with Crippen molar-refractivity contribution in [3.05, 3.63) is 29.8 Å². The molecule has 0 saturated carbocycles. The van der Waals surface area contributed by atoms with E-state index < -0.39 is 0 Å². The van der Waals surface area contributed by atoms with E-state index in [0.717, 1.165) is 5.56 Å². The number of benzene rings is 1. The summed E-state index contributed by atoms with van der Waals surface area (Å²) in [5, 5.41) is 17.7. The van der Waals surface area contributed by atoms with Crippen LogP contribution in [0.3, 0.4) is 0 Å². The molecule has 1 aromatic carbocycles. The number of aliphatic hydroxyl groups is 1. The van der Waals surface area contributed by atoms with Crippen LogP contribution >= 0.6 is 0 Å². The molecule has 1 aromatic rings. The van der Waals surface area contributed by atoms with Crippen LogP contribution in [0.5, 0.6) is 5.75 Å². The summed E-state index contributed by atoms with van der Waals surface area (Å²) in [5.41, 5.74) is 6.78. The third-order valence-corrected chi connectivity index (χ3v) is 1.66. The average Bonchev–Trinajstić information content (AvgIpc) is 2.12. The molecule has 3 heteroatoms. The third kappa shape index (κ3) is 2.80. The molecule has 4 N–H and O–H groups in total. The Morgan fingerprint density at radius 2 is 2.15 bits per heavy atom. The van der Waals surface area contributed by atoms with E-state index in [4.69, 9.17) is 15.9 Å². The van der Waals surface area contributed by atoms with Crippen LogP contribution in [-0.2, 0) is 0 Å². The van der Waals surface area contributed by atoms with Crippen LogP contribution < -0.4 is 5.73 Å². The van der Waals surface area contributed by atoms with Gasteiger partial charge in [0.25, 0.3) is 0 Å². The molecule has 0 unspecified atom stereocenters. The van der Waals surface area contributed by atoms with E-state index in [1.807, 2.05) is 12.2 Å². The van der Waals surface area contributed by atoms with Gasteiger partial charge >= 0.3 is 0 Å². The van der Waals surface area contributed by atoms with Gasteiger partial charge in [-0.1, -0.05) is 18.2 Å². The lowest BCUT2D eigenvalue weighted by Crippen LogP contribution is -1.85. The standard InChI is InChI=1S/C10H13NO2/c11-9-7-8(3-1-2-6-12)4-5-10(9)13/h1,3-5,7,12-13H,2,6,11H2. The van der Waals surface area contributed by atoms with Gasteiger partial charge in [0, 0.05) is 6.61 Å². The first kappa shape index (κ1) is 9.61. The van der Waals surface area contributed by atoms with Gasteiger partial charge in [-0.2, -0.15) is 0 Å². The molecule has 0 amide bonds. The van der Waals surface area contributed by atoms with Crippen molar-refractivity contribution in [3.63, 3.8) is 0 Å². The lowest BCUT2D eigenvalue weighted by atomic mass is 10.1. The van der Waals surface area contributed by atoms with Gasteiger partial charge in [-0.15, -0.1) is 0 Å². The van der Waals surface area contributed by atoms with Crippen molar-refractivity contribution in [2.75, 3.05) is 12.3 Å². The van der Waals surface area contributed by atoms with Crippen LogP contribution in [0.4, 0.5) is 5.69 Å². The highest BCUT2D eigenvalue weighted by molar-refractivity contribution is 5.61. The number of hydrogen-bond donors (Lipinski definition) is 3. The van der Waals surface area contributed by atoms with Crippen LogP contribution in [-0.4, -0.2) is 16.8 Å². The highest BCUT2D eigenvalue weighted by Crippen LogP contribution is 2.20.